The van der Waals surface area contributed by atoms with Crippen LogP contribution in [-0.4, -0.2) is 31.3 Å². The van der Waals surface area contributed by atoms with Crippen LogP contribution in [0.5, 0.6) is 5.75 Å². The van der Waals surface area contributed by atoms with E-state index < -0.39 is 27.3 Å². The number of benzene rings is 2. The molecule has 6 nitrogen and oxygen atoms in total. The summed E-state index contributed by atoms with van der Waals surface area (Å²) in [6.45, 7) is 1.57. The number of carboxylic acid groups (broad SMARTS) is 1. The minimum atomic E-state index is -5.89. The summed E-state index contributed by atoms with van der Waals surface area (Å²) < 4.78 is 64.4. The maximum absolute atomic E-state index is 12.6. The van der Waals surface area contributed by atoms with Crippen LogP contribution in [0.3, 0.4) is 0 Å². The second-order valence-electron chi connectivity index (χ2n) is 5.80. The highest BCUT2D eigenvalue weighted by Crippen LogP contribution is 2.33. The Hall–Kier alpha value is -3.14. The Morgan fingerprint density at radius 3 is 2.41 bits per heavy atom. The van der Waals surface area contributed by atoms with Gasteiger partial charge in [-0.1, -0.05) is 31.2 Å². The van der Waals surface area contributed by atoms with Crippen LogP contribution >= 0.6 is 0 Å². The lowest BCUT2D eigenvalue weighted by Crippen LogP contribution is -2.28. The van der Waals surface area contributed by atoms with E-state index in [4.69, 9.17) is 0 Å². The molecular formula is C19H15F3O6S. The van der Waals surface area contributed by atoms with Crippen molar-refractivity contribution in [1.82, 2.24) is 0 Å². The van der Waals surface area contributed by atoms with Crippen LogP contribution in [0.2, 0.25) is 0 Å². The first-order valence-corrected chi connectivity index (χ1v) is 9.53. The van der Waals surface area contributed by atoms with Crippen LogP contribution in [0.25, 0.3) is 17.2 Å². The molecule has 0 fully saturated rings. The molecule has 2 aromatic carbocycles. The summed E-state index contributed by atoms with van der Waals surface area (Å²) in [5.74, 6) is -1.88. The fourth-order valence-corrected chi connectivity index (χ4v) is 2.88. The number of hydrogen-bond acceptors (Lipinski definition) is 5. The minimum Gasteiger partial charge on any atom is -0.478 e. The molecule has 0 aliphatic heterocycles. The van der Waals surface area contributed by atoms with E-state index in [1.54, 1.807) is 19.1 Å². The summed E-state index contributed by atoms with van der Waals surface area (Å²) in [4.78, 5) is 22.3. The van der Waals surface area contributed by atoms with Crippen LogP contribution in [0.4, 0.5) is 13.2 Å². The molecule has 0 atom stereocenters. The lowest BCUT2D eigenvalue weighted by molar-refractivity contribution is -0.132. The van der Waals surface area contributed by atoms with Crippen LogP contribution in [-0.2, 0) is 14.9 Å². The number of aldehydes is 1. The van der Waals surface area contributed by atoms with E-state index in [0.29, 0.717) is 23.0 Å². The predicted octanol–water partition coefficient (Wildman–Crippen LogP) is 4.27. The fraction of sp³-hybridized carbons (Fsp3) is 0.158. The molecule has 10 heteroatoms. The molecule has 0 unspecified atom stereocenters. The Labute approximate surface area is 164 Å². The monoisotopic (exact) mass is 428 g/mol. The van der Waals surface area contributed by atoms with Crippen molar-refractivity contribution >= 4 is 28.4 Å². The van der Waals surface area contributed by atoms with Crippen molar-refractivity contribution in [2.45, 2.75) is 18.9 Å². The van der Waals surface area contributed by atoms with Gasteiger partial charge in [-0.2, -0.15) is 21.6 Å². The lowest BCUT2D eigenvalue weighted by Gasteiger charge is -2.13. The maximum atomic E-state index is 12.6. The zero-order valence-corrected chi connectivity index (χ0v) is 15.8. The highest BCUT2D eigenvalue weighted by molar-refractivity contribution is 7.88. The molecule has 0 spiro atoms. The van der Waals surface area contributed by atoms with Gasteiger partial charge in [0, 0.05) is 11.1 Å². The molecule has 2 rings (SSSR count). The molecule has 0 radical (unpaired) electrons. The Bertz CT molecular complexity index is 1070. The SMILES string of the molecule is CC/C(=C\c1cc(OS(=O)(=O)C(F)(F)F)ccc1-c1cccc(C=O)c1)C(=O)O. The highest BCUT2D eigenvalue weighted by atomic mass is 32.2. The summed E-state index contributed by atoms with van der Waals surface area (Å²) in [5.41, 5.74) is -4.39. The summed E-state index contributed by atoms with van der Waals surface area (Å²) in [6.07, 6.45) is 1.91. The van der Waals surface area contributed by atoms with E-state index >= 15 is 0 Å². The third kappa shape index (κ3) is 5.23. The van der Waals surface area contributed by atoms with Gasteiger partial charge in [0.25, 0.3) is 0 Å². The first-order chi connectivity index (χ1) is 13.5. The molecule has 0 saturated carbocycles. The molecule has 154 valence electrons. The first-order valence-electron chi connectivity index (χ1n) is 8.12. The van der Waals surface area contributed by atoms with Crippen LogP contribution in [0, 0.1) is 0 Å². The van der Waals surface area contributed by atoms with Gasteiger partial charge >= 0.3 is 21.6 Å². The molecule has 0 saturated heterocycles. The molecular weight excluding hydrogens is 413 g/mol. The van der Waals surface area contributed by atoms with Crippen molar-refractivity contribution in [1.29, 1.82) is 0 Å². The molecule has 0 aliphatic rings. The largest absolute Gasteiger partial charge is 0.534 e. The average Bonchev–Trinajstić information content (AvgIpc) is 2.64. The van der Waals surface area contributed by atoms with Gasteiger partial charge in [0.2, 0.25) is 0 Å². The van der Waals surface area contributed by atoms with E-state index in [1.165, 1.54) is 24.3 Å². The van der Waals surface area contributed by atoms with Crippen LogP contribution in [0.15, 0.2) is 48.0 Å². The Balaban J connectivity index is 2.65. The normalized spacial score (nSPS) is 12.5. The lowest BCUT2D eigenvalue weighted by atomic mass is 9.96. The third-order valence-corrected chi connectivity index (χ3v) is 4.81. The standard InChI is InChI=1S/C19H15F3O6S/c1-2-13(18(24)25)9-15-10-16(28-29(26,27)19(20,21)22)6-7-17(15)14-5-3-4-12(8-14)11-23/h3-11H,2H2,1H3,(H,24,25)/b13-9+. The van der Waals surface area contributed by atoms with E-state index in [-0.39, 0.29) is 17.6 Å². The van der Waals surface area contributed by atoms with Gasteiger partial charge in [0.1, 0.15) is 12.0 Å². The maximum Gasteiger partial charge on any atom is 0.534 e. The summed E-state index contributed by atoms with van der Waals surface area (Å²) in [5, 5.41) is 9.25. The van der Waals surface area contributed by atoms with Crippen molar-refractivity contribution in [3.05, 3.63) is 59.2 Å². The molecule has 2 aromatic rings. The van der Waals surface area contributed by atoms with Gasteiger partial charge in [0.05, 0.1) is 0 Å². The molecule has 0 bridgehead atoms. The number of aliphatic carboxylic acids is 1. The molecule has 1 N–H and O–H groups in total. The zero-order valence-electron chi connectivity index (χ0n) is 14.9. The van der Waals surface area contributed by atoms with Crippen molar-refractivity contribution in [3.8, 4) is 16.9 Å². The summed E-state index contributed by atoms with van der Waals surface area (Å²) >= 11 is 0. The van der Waals surface area contributed by atoms with E-state index in [0.717, 1.165) is 12.1 Å². The Kier molecular flexibility index (Phi) is 6.48. The van der Waals surface area contributed by atoms with Crippen molar-refractivity contribution in [2.24, 2.45) is 0 Å². The number of alkyl halides is 3. The number of halogens is 3. The van der Waals surface area contributed by atoms with Gasteiger partial charge in [0.15, 0.2) is 0 Å². The molecule has 0 aromatic heterocycles. The number of carbonyl (C=O) groups is 2. The number of rotatable bonds is 7. The number of carboxylic acids is 1. The average molecular weight is 428 g/mol. The first kappa shape index (κ1) is 22.2. The van der Waals surface area contributed by atoms with Gasteiger partial charge in [-0.05, 0) is 47.4 Å². The number of carbonyl (C=O) groups excluding carboxylic acids is 1. The third-order valence-electron chi connectivity index (χ3n) is 3.83. The number of hydrogen-bond donors (Lipinski definition) is 1. The second kappa shape index (κ2) is 8.48. The van der Waals surface area contributed by atoms with E-state index in [9.17, 15) is 36.3 Å². The smallest absolute Gasteiger partial charge is 0.478 e. The summed E-state index contributed by atoms with van der Waals surface area (Å²) in [7, 11) is -5.89. The Morgan fingerprint density at radius 2 is 1.86 bits per heavy atom. The quantitative estimate of drug-likeness (QED) is 0.306. The van der Waals surface area contributed by atoms with E-state index in [2.05, 4.69) is 4.18 Å². The van der Waals surface area contributed by atoms with Gasteiger partial charge in [-0.3, -0.25) is 4.79 Å². The molecule has 0 amide bonds. The predicted molar refractivity (Wildman–Crippen MR) is 98.8 cm³/mol. The van der Waals surface area contributed by atoms with E-state index in [1.807, 2.05) is 0 Å². The second-order valence-corrected chi connectivity index (χ2v) is 7.34. The van der Waals surface area contributed by atoms with Crippen LogP contribution in [0.1, 0.15) is 29.3 Å². The molecule has 0 aliphatic carbocycles. The van der Waals surface area contributed by atoms with Gasteiger partial charge in [-0.25, -0.2) is 4.79 Å². The van der Waals surface area contributed by atoms with Gasteiger partial charge < -0.3 is 9.29 Å². The van der Waals surface area contributed by atoms with Gasteiger partial charge in [-0.15, -0.1) is 0 Å². The Morgan fingerprint density at radius 1 is 1.17 bits per heavy atom. The topological polar surface area (TPSA) is 97.7 Å². The van der Waals surface area contributed by atoms with Crippen LogP contribution < -0.4 is 4.18 Å². The minimum absolute atomic E-state index is 0.0615. The molecule has 29 heavy (non-hydrogen) atoms. The molecule has 0 heterocycles. The van der Waals surface area contributed by atoms with Crippen molar-refractivity contribution in [3.63, 3.8) is 0 Å². The highest BCUT2D eigenvalue weighted by Gasteiger charge is 2.48. The fourth-order valence-electron chi connectivity index (χ4n) is 2.43. The van der Waals surface area contributed by atoms with Crippen molar-refractivity contribution < 1.29 is 40.5 Å². The summed E-state index contributed by atoms with van der Waals surface area (Å²) in [6, 6.07) is 9.50. The van der Waals surface area contributed by atoms with Crippen molar-refractivity contribution in [2.75, 3.05) is 0 Å². The zero-order chi connectivity index (χ0) is 21.8.